The van der Waals surface area contributed by atoms with Gasteiger partial charge < -0.3 is 9.47 Å². The van der Waals surface area contributed by atoms with E-state index in [1.54, 1.807) is 6.07 Å². The monoisotopic (exact) mass is 369 g/mol. The molecule has 1 atom stereocenters. The molecule has 2 aromatic rings. The number of hydrogen-bond donors (Lipinski definition) is 0. The first kappa shape index (κ1) is 19.7. The molecule has 0 amide bonds. The molecule has 1 fully saturated rings. The molecule has 1 saturated heterocycles. The summed E-state index contributed by atoms with van der Waals surface area (Å²) in [5, 5.41) is 9.18. The summed E-state index contributed by atoms with van der Waals surface area (Å²) in [4.78, 5) is 0. The van der Waals surface area contributed by atoms with Gasteiger partial charge in [-0.3, -0.25) is 0 Å². The molecular weight excluding hydrogens is 346 g/mol. The van der Waals surface area contributed by atoms with Crippen LogP contribution in [0, 0.1) is 35.0 Å². The first-order valence-corrected chi connectivity index (χ1v) is 9.69. The predicted molar refractivity (Wildman–Crippen MR) is 109 cm³/mol. The maximum absolute atomic E-state index is 9.18. The minimum absolute atomic E-state index is 0.0333. The molecule has 3 nitrogen and oxygen atoms in total. The third-order valence-electron chi connectivity index (χ3n) is 4.42. The lowest BCUT2D eigenvalue weighted by atomic mass is 10.1. The third kappa shape index (κ3) is 6.00. The van der Waals surface area contributed by atoms with Gasteiger partial charge in [-0.25, -0.2) is 0 Å². The van der Waals surface area contributed by atoms with Crippen LogP contribution in [0.3, 0.4) is 0 Å². The molecule has 1 aliphatic heterocycles. The highest BCUT2D eigenvalue weighted by Gasteiger charge is 2.13. The summed E-state index contributed by atoms with van der Waals surface area (Å²) in [7, 11) is 0. The van der Waals surface area contributed by atoms with Crippen LogP contribution in [0.4, 0.5) is 0 Å². The summed E-state index contributed by atoms with van der Waals surface area (Å²) < 4.78 is 11.3. The third-order valence-corrected chi connectivity index (χ3v) is 4.42. The molecule has 3 rings (SSSR count). The van der Waals surface area contributed by atoms with Crippen molar-refractivity contribution in [3.05, 3.63) is 70.8 Å². The summed E-state index contributed by atoms with van der Waals surface area (Å²) >= 11 is 0. The molecule has 140 valence electrons. The first-order valence-electron chi connectivity index (χ1n) is 9.69. The van der Waals surface area contributed by atoms with Crippen LogP contribution in [0.2, 0.25) is 0 Å². The fraction of sp³-hybridized carbons (Fsp3) is 0.320. The van der Waals surface area contributed by atoms with E-state index in [4.69, 9.17) is 9.47 Å². The summed E-state index contributed by atoms with van der Waals surface area (Å²) in [6, 6.07) is 17.4. The highest BCUT2D eigenvalue weighted by atomic mass is 16.7. The summed E-state index contributed by atoms with van der Waals surface area (Å²) in [6.07, 6.45) is 4.93. The van der Waals surface area contributed by atoms with E-state index in [1.165, 1.54) is 6.42 Å². The Morgan fingerprint density at radius 1 is 0.893 bits per heavy atom. The molecular formula is C25H23NO2. The van der Waals surface area contributed by atoms with Gasteiger partial charge in [-0.1, -0.05) is 47.9 Å². The maximum Gasteiger partial charge on any atom is 0.157 e. The Labute approximate surface area is 167 Å². The second kappa shape index (κ2) is 11.0. The summed E-state index contributed by atoms with van der Waals surface area (Å²) in [5.74, 6) is 12.7. The fourth-order valence-corrected chi connectivity index (χ4v) is 2.90. The molecule has 3 heteroatoms. The summed E-state index contributed by atoms with van der Waals surface area (Å²) in [5.41, 5.74) is 3.09. The van der Waals surface area contributed by atoms with Crippen molar-refractivity contribution in [2.45, 2.75) is 38.4 Å². The smallest absolute Gasteiger partial charge is 0.157 e. The van der Waals surface area contributed by atoms with Crippen LogP contribution >= 0.6 is 0 Å². The number of unbranched alkanes of at least 4 members (excludes halogenated alkanes) is 1. The number of hydrogen-bond acceptors (Lipinski definition) is 3. The second-order valence-corrected chi connectivity index (χ2v) is 6.53. The topological polar surface area (TPSA) is 42.2 Å². The first-order chi connectivity index (χ1) is 13.9. The van der Waals surface area contributed by atoms with Crippen molar-refractivity contribution in [2.75, 3.05) is 13.2 Å². The second-order valence-electron chi connectivity index (χ2n) is 6.53. The van der Waals surface area contributed by atoms with Gasteiger partial charge in [0.25, 0.3) is 0 Å². The van der Waals surface area contributed by atoms with Crippen molar-refractivity contribution in [1.82, 2.24) is 0 Å². The van der Waals surface area contributed by atoms with Crippen LogP contribution in [0.1, 0.15) is 54.4 Å². The highest BCUT2D eigenvalue weighted by molar-refractivity contribution is 5.55. The molecule has 28 heavy (non-hydrogen) atoms. The number of ether oxygens (including phenoxy) is 2. The van der Waals surface area contributed by atoms with Crippen molar-refractivity contribution in [3.8, 4) is 29.8 Å². The van der Waals surface area contributed by atoms with Gasteiger partial charge in [0, 0.05) is 29.7 Å². The van der Waals surface area contributed by atoms with Gasteiger partial charge in [-0.15, -0.1) is 0 Å². The van der Waals surface area contributed by atoms with Crippen molar-refractivity contribution in [2.24, 2.45) is 0 Å². The average Bonchev–Trinajstić information content (AvgIpc) is 2.76. The van der Waals surface area contributed by atoms with Crippen LogP contribution in [-0.2, 0) is 9.47 Å². The molecule has 0 aliphatic carbocycles. The van der Waals surface area contributed by atoms with Gasteiger partial charge in [-0.2, -0.15) is 5.26 Å². The molecule has 0 N–H and O–H groups in total. The van der Waals surface area contributed by atoms with E-state index < -0.39 is 0 Å². The molecule has 2 aromatic carbocycles. The zero-order chi connectivity index (χ0) is 19.4. The Hall–Kier alpha value is -3.03. The largest absolute Gasteiger partial charge is 0.353 e. The van der Waals surface area contributed by atoms with Crippen LogP contribution in [-0.4, -0.2) is 19.5 Å². The molecule has 0 aromatic heterocycles. The van der Waals surface area contributed by atoms with Gasteiger partial charge in [0.15, 0.2) is 6.29 Å². The molecule has 0 bridgehead atoms. The minimum Gasteiger partial charge on any atom is -0.353 e. The van der Waals surface area contributed by atoms with Gasteiger partial charge >= 0.3 is 0 Å². The number of nitriles is 1. The van der Waals surface area contributed by atoms with Gasteiger partial charge in [0.2, 0.25) is 0 Å². The quantitative estimate of drug-likeness (QED) is 0.583. The number of nitrogens with zero attached hydrogens (tertiary/aromatic N) is 1. The lowest BCUT2D eigenvalue weighted by Crippen LogP contribution is -2.22. The van der Waals surface area contributed by atoms with E-state index in [9.17, 15) is 5.26 Å². The standard InChI is InChI=1S/C25H23NO2/c26-20-24-14-6-5-13-23(24)17-16-22-12-4-3-11-21(22)10-2-1-8-18-27-25-15-7-9-19-28-25/h3-6,11-14,25H,1,7-9,15,18-19H2. The molecule has 0 spiro atoms. The lowest BCUT2D eigenvalue weighted by molar-refractivity contribution is -0.162. The molecule has 1 aliphatic rings. The number of rotatable bonds is 4. The Kier molecular flexibility index (Phi) is 7.72. The summed E-state index contributed by atoms with van der Waals surface area (Å²) in [6.45, 7) is 1.48. The van der Waals surface area contributed by atoms with Crippen molar-refractivity contribution >= 4 is 0 Å². The van der Waals surface area contributed by atoms with Crippen LogP contribution in [0.15, 0.2) is 48.5 Å². The van der Waals surface area contributed by atoms with E-state index in [1.807, 2.05) is 42.5 Å². The predicted octanol–water partition coefficient (Wildman–Crippen LogP) is 4.63. The lowest BCUT2D eigenvalue weighted by Gasteiger charge is -2.22. The average molecular weight is 369 g/mol. The Bertz CT molecular complexity index is 944. The Morgan fingerprint density at radius 2 is 1.54 bits per heavy atom. The van der Waals surface area contributed by atoms with Gasteiger partial charge in [-0.05, 0) is 49.9 Å². The van der Waals surface area contributed by atoms with E-state index in [0.29, 0.717) is 12.2 Å². The fourth-order valence-electron chi connectivity index (χ4n) is 2.90. The minimum atomic E-state index is -0.0333. The molecule has 0 saturated carbocycles. The van der Waals surface area contributed by atoms with Crippen molar-refractivity contribution in [3.63, 3.8) is 0 Å². The van der Waals surface area contributed by atoms with E-state index >= 15 is 0 Å². The van der Waals surface area contributed by atoms with Crippen molar-refractivity contribution in [1.29, 1.82) is 5.26 Å². The van der Waals surface area contributed by atoms with E-state index in [2.05, 4.69) is 29.8 Å². The van der Waals surface area contributed by atoms with Crippen LogP contribution < -0.4 is 0 Å². The normalized spacial score (nSPS) is 15.5. The Morgan fingerprint density at radius 3 is 2.18 bits per heavy atom. The van der Waals surface area contributed by atoms with Crippen molar-refractivity contribution < 1.29 is 9.47 Å². The van der Waals surface area contributed by atoms with Crippen LogP contribution in [0.25, 0.3) is 0 Å². The molecule has 1 unspecified atom stereocenters. The molecule has 0 radical (unpaired) electrons. The van der Waals surface area contributed by atoms with E-state index in [-0.39, 0.29) is 6.29 Å². The zero-order valence-electron chi connectivity index (χ0n) is 15.9. The van der Waals surface area contributed by atoms with Crippen LogP contribution in [0.5, 0.6) is 0 Å². The zero-order valence-corrected chi connectivity index (χ0v) is 15.9. The Balaban J connectivity index is 1.57. The van der Waals surface area contributed by atoms with Gasteiger partial charge in [0.1, 0.15) is 6.07 Å². The highest BCUT2D eigenvalue weighted by Crippen LogP contribution is 2.14. The maximum atomic E-state index is 9.18. The SMILES string of the molecule is N#Cc1ccccc1C#Cc1ccccc1C#CCCCOC1CCCCO1. The van der Waals surface area contributed by atoms with E-state index in [0.717, 1.165) is 49.0 Å². The number of benzene rings is 2. The van der Waals surface area contributed by atoms with Gasteiger partial charge in [0.05, 0.1) is 12.2 Å². The molecule has 1 heterocycles.